The molecule has 33 heavy (non-hydrogen) atoms. The molecule has 2 amide bonds. The predicted octanol–water partition coefficient (Wildman–Crippen LogP) is 0.249. The van der Waals surface area contributed by atoms with Crippen LogP contribution in [0.3, 0.4) is 0 Å². The number of thiol groups is 1. The molecule has 2 saturated heterocycles. The van der Waals surface area contributed by atoms with Gasteiger partial charge in [0.05, 0.1) is 23.6 Å². The van der Waals surface area contributed by atoms with Crippen molar-refractivity contribution in [3.63, 3.8) is 0 Å². The molecular formula is C22H30N6O4S. The Balaban J connectivity index is 1.15. The molecule has 3 N–H and O–H groups in total. The van der Waals surface area contributed by atoms with Crippen molar-refractivity contribution >= 4 is 39.6 Å². The van der Waals surface area contributed by atoms with Crippen LogP contribution in [-0.4, -0.2) is 92.3 Å². The summed E-state index contributed by atoms with van der Waals surface area (Å²) in [4.78, 5) is 30.5. The molecule has 0 radical (unpaired) electrons. The van der Waals surface area contributed by atoms with Crippen LogP contribution in [0.1, 0.15) is 24.3 Å². The zero-order valence-electron chi connectivity index (χ0n) is 18.5. The Morgan fingerprint density at radius 1 is 1.09 bits per heavy atom. The highest BCUT2D eigenvalue weighted by Gasteiger charge is 2.36. The smallest absolute Gasteiger partial charge is 0.246 e. The third kappa shape index (κ3) is 4.51. The summed E-state index contributed by atoms with van der Waals surface area (Å²) in [6.07, 6.45) is 3.62. The molecule has 3 fully saturated rings. The Morgan fingerprint density at radius 3 is 2.45 bits per heavy atom. The van der Waals surface area contributed by atoms with Crippen molar-refractivity contribution in [1.29, 1.82) is 0 Å². The van der Waals surface area contributed by atoms with E-state index < -0.39 is 16.2 Å². The first kappa shape index (κ1) is 22.0. The van der Waals surface area contributed by atoms with Gasteiger partial charge in [0, 0.05) is 45.3 Å². The van der Waals surface area contributed by atoms with Crippen molar-refractivity contribution in [2.45, 2.75) is 30.3 Å². The molecule has 1 atom stereocenters. The van der Waals surface area contributed by atoms with E-state index in [9.17, 15) is 18.0 Å². The first-order valence-electron chi connectivity index (χ1n) is 11.4. The molecule has 11 heteroatoms. The van der Waals surface area contributed by atoms with Gasteiger partial charge in [0.25, 0.3) is 0 Å². The standard InChI is InChI=1S/C22H30N6O4S/c1-2-19(29)28-12-16(13-28)26-5-7-27(8-6-26)20(30)11-23-17-9-15(14-3-4-14)10-18-21(17)25-22(24-18)33(31)32/h2,9-10,14,16,22-25,33H,1,3-8,11-13H2. The Hall–Kier alpha value is -2.79. The molecule has 1 aromatic rings. The van der Waals surface area contributed by atoms with Gasteiger partial charge in [0.1, 0.15) is 0 Å². The van der Waals surface area contributed by atoms with Crippen LogP contribution in [0.25, 0.3) is 0 Å². The lowest BCUT2D eigenvalue weighted by molar-refractivity contribution is -0.135. The summed E-state index contributed by atoms with van der Waals surface area (Å²) in [6.45, 7) is 8.03. The molecule has 5 rings (SSSR count). The van der Waals surface area contributed by atoms with E-state index in [2.05, 4.69) is 27.4 Å². The van der Waals surface area contributed by atoms with E-state index in [-0.39, 0.29) is 18.4 Å². The molecule has 1 aliphatic carbocycles. The van der Waals surface area contributed by atoms with Crippen LogP contribution < -0.4 is 16.0 Å². The number of rotatable bonds is 7. The molecule has 1 saturated carbocycles. The van der Waals surface area contributed by atoms with E-state index in [0.29, 0.717) is 30.7 Å². The maximum Gasteiger partial charge on any atom is 0.246 e. The number of amides is 2. The maximum absolute atomic E-state index is 12.9. The molecule has 1 unspecified atom stereocenters. The van der Waals surface area contributed by atoms with Crippen LogP contribution in [-0.2, 0) is 20.3 Å². The van der Waals surface area contributed by atoms with Gasteiger partial charge in [0.2, 0.25) is 11.8 Å². The zero-order chi connectivity index (χ0) is 23.1. The van der Waals surface area contributed by atoms with E-state index in [1.807, 2.05) is 17.0 Å². The Bertz CT molecular complexity index is 1030. The summed E-state index contributed by atoms with van der Waals surface area (Å²) in [5.41, 5.74) is 2.55. The molecule has 0 spiro atoms. The normalized spacial score (nSPS) is 22.9. The summed E-state index contributed by atoms with van der Waals surface area (Å²) in [7, 11) is -2.67. The molecule has 10 nitrogen and oxygen atoms in total. The number of nitrogens with zero attached hydrogens (tertiary/aromatic N) is 3. The van der Waals surface area contributed by atoms with E-state index in [1.165, 1.54) is 6.08 Å². The van der Waals surface area contributed by atoms with Crippen molar-refractivity contribution in [1.82, 2.24) is 14.7 Å². The summed E-state index contributed by atoms with van der Waals surface area (Å²) < 4.78 is 22.9. The van der Waals surface area contributed by atoms with Crippen molar-refractivity contribution in [3.8, 4) is 0 Å². The van der Waals surface area contributed by atoms with Gasteiger partial charge in [-0.15, -0.1) is 0 Å². The molecular weight excluding hydrogens is 444 g/mol. The minimum Gasteiger partial charge on any atom is -0.374 e. The van der Waals surface area contributed by atoms with Gasteiger partial charge in [-0.3, -0.25) is 14.5 Å². The fourth-order valence-electron chi connectivity index (χ4n) is 4.77. The van der Waals surface area contributed by atoms with Gasteiger partial charge in [-0.05, 0) is 42.5 Å². The van der Waals surface area contributed by atoms with E-state index in [4.69, 9.17) is 0 Å². The molecule has 4 aliphatic rings. The highest BCUT2D eigenvalue weighted by atomic mass is 32.2. The number of carbonyl (C=O) groups excluding carboxylic acids is 2. The quantitative estimate of drug-likeness (QED) is 0.329. The molecule has 1 aromatic carbocycles. The first-order chi connectivity index (χ1) is 15.9. The van der Waals surface area contributed by atoms with Crippen molar-refractivity contribution in [2.75, 3.05) is 61.8 Å². The van der Waals surface area contributed by atoms with Gasteiger partial charge in [-0.25, -0.2) is 8.42 Å². The molecule has 3 heterocycles. The number of nitrogens with one attached hydrogen (secondary N) is 3. The summed E-state index contributed by atoms with van der Waals surface area (Å²) in [5, 5.41) is 9.26. The van der Waals surface area contributed by atoms with Crippen LogP contribution in [0.2, 0.25) is 0 Å². The SMILES string of the molecule is C=CC(=O)N1CC(N2CCN(C(=O)CNc3cc(C4CC4)cc4c3NC([SH](=O)=O)N4)CC2)C1. The average Bonchev–Trinajstić information content (AvgIpc) is 3.54. The van der Waals surface area contributed by atoms with Gasteiger partial charge in [-0.2, -0.15) is 0 Å². The number of fused-ring (bicyclic) bond motifs is 1. The Morgan fingerprint density at radius 2 is 1.82 bits per heavy atom. The van der Waals surface area contributed by atoms with Gasteiger partial charge in [0.15, 0.2) is 16.2 Å². The minimum atomic E-state index is -2.67. The van der Waals surface area contributed by atoms with Crippen LogP contribution >= 0.6 is 0 Å². The highest BCUT2D eigenvalue weighted by Crippen LogP contribution is 2.46. The van der Waals surface area contributed by atoms with E-state index >= 15 is 0 Å². The van der Waals surface area contributed by atoms with Crippen molar-refractivity contribution in [3.05, 3.63) is 30.4 Å². The lowest BCUT2D eigenvalue weighted by atomic mass is 10.1. The number of likely N-dealkylation sites (tertiary alicyclic amines) is 1. The summed E-state index contributed by atoms with van der Waals surface area (Å²) in [5.74, 6) is 0.502. The largest absolute Gasteiger partial charge is 0.374 e. The van der Waals surface area contributed by atoms with Crippen LogP contribution in [0.15, 0.2) is 24.8 Å². The second-order valence-electron chi connectivity index (χ2n) is 9.11. The fraction of sp³-hybridized carbons (Fsp3) is 0.545. The van der Waals surface area contributed by atoms with Gasteiger partial charge < -0.3 is 25.8 Å². The van der Waals surface area contributed by atoms with E-state index in [1.54, 1.807) is 4.90 Å². The predicted molar refractivity (Wildman–Crippen MR) is 127 cm³/mol. The topological polar surface area (TPSA) is 114 Å². The van der Waals surface area contributed by atoms with Crippen LogP contribution in [0, 0.1) is 0 Å². The molecule has 3 aliphatic heterocycles. The van der Waals surface area contributed by atoms with Crippen molar-refractivity contribution in [2.24, 2.45) is 0 Å². The third-order valence-electron chi connectivity index (χ3n) is 6.96. The Labute approximate surface area is 194 Å². The number of piperazine rings is 1. The number of hydrogen-bond acceptors (Lipinski definition) is 8. The second kappa shape index (κ2) is 8.86. The van der Waals surface area contributed by atoms with E-state index in [0.717, 1.165) is 56.0 Å². The molecule has 178 valence electrons. The van der Waals surface area contributed by atoms with Gasteiger partial charge in [-0.1, -0.05) is 6.58 Å². The third-order valence-corrected chi connectivity index (χ3v) is 7.64. The van der Waals surface area contributed by atoms with Crippen LogP contribution in [0.5, 0.6) is 0 Å². The first-order valence-corrected chi connectivity index (χ1v) is 12.7. The average molecular weight is 475 g/mol. The van der Waals surface area contributed by atoms with Gasteiger partial charge >= 0.3 is 0 Å². The Kier molecular flexibility index (Phi) is 5.92. The summed E-state index contributed by atoms with van der Waals surface area (Å²) >= 11 is 0. The number of benzene rings is 1. The van der Waals surface area contributed by atoms with Crippen LogP contribution in [0.4, 0.5) is 17.1 Å². The number of hydrogen-bond donors (Lipinski definition) is 4. The fourth-order valence-corrected chi connectivity index (χ4v) is 5.24. The second-order valence-corrected chi connectivity index (χ2v) is 10.2. The number of carbonyl (C=O) groups is 2. The summed E-state index contributed by atoms with van der Waals surface area (Å²) in [6, 6.07) is 4.40. The lowest BCUT2D eigenvalue weighted by Crippen LogP contribution is -2.64. The van der Waals surface area contributed by atoms with Crippen molar-refractivity contribution < 1.29 is 18.0 Å². The molecule has 0 bridgehead atoms. The minimum absolute atomic E-state index is 0.0229. The maximum atomic E-state index is 12.9. The molecule has 0 aromatic heterocycles. The monoisotopic (exact) mass is 474 g/mol. The number of anilines is 3. The lowest BCUT2D eigenvalue weighted by Gasteiger charge is -2.47. The highest BCUT2D eigenvalue weighted by molar-refractivity contribution is 7.73. The zero-order valence-corrected chi connectivity index (χ0v) is 19.4.